The molecule has 2 rings (SSSR count). The molecule has 94 valence electrons. The minimum atomic E-state index is 0.363. The van der Waals surface area contributed by atoms with E-state index in [9.17, 15) is 0 Å². The monoisotopic (exact) mass is 232 g/mol. The van der Waals surface area contributed by atoms with Crippen molar-refractivity contribution < 1.29 is 0 Å². The molecule has 1 aliphatic rings. The molecule has 1 saturated carbocycles. The summed E-state index contributed by atoms with van der Waals surface area (Å²) in [6.45, 7) is 6.97. The first-order chi connectivity index (χ1) is 8.07. The summed E-state index contributed by atoms with van der Waals surface area (Å²) in [4.78, 5) is 4.41. The van der Waals surface area contributed by atoms with E-state index in [1.165, 1.54) is 25.7 Å². The van der Waals surface area contributed by atoms with E-state index in [2.05, 4.69) is 43.2 Å². The molecular formula is C15H24N2. The van der Waals surface area contributed by atoms with Crippen molar-refractivity contribution in [3.8, 4) is 0 Å². The molecule has 0 aliphatic heterocycles. The van der Waals surface area contributed by atoms with Gasteiger partial charge in [0.25, 0.3) is 0 Å². The highest BCUT2D eigenvalue weighted by molar-refractivity contribution is 5.08. The predicted octanol–water partition coefficient (Wildman–Crippen LogP) is 3.70. The summed E-state index contributed by atoms with van der Waals surface area (Å²) in [5.74, 6) is 0. The summed E-state index contributed by atoms with van der Waals surface area (Å²) in [6, 6.07) is 7.16. The first kappa shape index (κ1) is 12.6. The average molecular weight is 232 g/mol. The molecule has 1 aromatic rings. The minimum Gasteiger partial charge on any atom is -0.306 e. The van der Waals surface area contributed by atoms with Gasteiger partial charge in [-0.1, -0.05) is 19.9 Å². The Morgan fingerprint density at radius 1 is 1.29 bits per heavy atom. The first-order valence-corrected chi connectivity index (χ1v) is 6.74. The Bertz CT molecular complexity index is 335. The maximum absolute atomic E-state index is 4.41. The van der Waals surface area contributed by atoms with Crippen LogP contribution in [-0.2, 0) is 0 Å². The van der Waals surface area contributed by atoms with Gasteiger partial charge in [0.2, 0.25) is 0 Å². The van der Waals surface area contributed by atoms with Gasteiger partial charge in [-0.25, -0.2) is 0 Å². The summed E-state index contributed by atoms with van der Waals surface area (Å²) in [5, 5.41) is 3.71. The number of rotatable bonds is 3. The molecule has 1 aromatic heterocycles. The molecule has 2 nitrogen and oxygen atoms in total. The molecule has 0 spiro atoms. The molecule has 0 aromatic carbocycles. The number of nitrogens with one attached hydrogen (secondary N) is 1. The predicted molar refractivity (Wildman–Crippen MR) is 71.8 cm³/mol. The third kappa shape index (κ3) is 3.53. The van der Waals surface area contributed by atoms with Gasteiger partial charge in [-0.2, -0.15) is 0 Å². The standard InChI is InChI=1S/C15H24N2/c1-12(14-6-4-5-11-16-14)17-13-7-9-15(2,3)10-8-13/h4-6,11-13,17H,7-10H2,1-3H3/t12-/m0/s1. The van der Waals surface area contributed by atoms with Gasteiger partial charge >= 0.3 is 0 Å². The fourth-order valence-electron chi connectivity index (χ4n) is 2.64. The number of hydrogen-bond acceptors (Lipinski definition) is 2. The van der Waals surface area contributed by atoms with Gasteiger partial charge in [0.15, 0.2) is 0 Å². The zero-order valence-corrected chi connectivity index (χ0v) is 11.2. The second-order valence-corrected chi connectivity index (χ2v) is 6.08. The van der Waals surface area contributed by atoms with E-state index < -0.39 is 0 Å². The van der Waals surface area contributed by atoms with Crippen LogP contribution in [0, 0.1) is 5.41 Å². The van der Waals surface area contributed by atoms with E-state index in [-0.39, 0.29) is 0 Å². The number of hydrogen-bond donors (Lipinski definition) is 1. The number of pyridine rings is 1. The van der Waals surface area contributed by atoms with Crippen LogP contribution in [0.1, 0.15) is 58.2 Å². The van der Waals surface area contributed by atoms with Crippen LogP contribution in [0.4, 0.5) is 0 Å². The van der Waals surface area contributed by atoms with Crippen LogP contribution in [0.3, 0.4) is 0 Å². The van der Waals surface area contributed by atoms with Gasteiger partial charge in [0, 0.05) is 18.3 Å². The summed E-state index contributed by atoms with van der Waals surface area (Å²) in [5.41, 5.74) is 1.70. The topological polar surface area (TPSA) is 24.9 Å². The molecule has 1 atom stereocenters. The maximum Gasteiger partial charge on any atom is 0.0570 e. The second-order valence-electron chi connectivity index (χ2n) is 6.08. The Morgan fingerprint density at radius 3 is 2.59 bits per heavy atom. The number of aromatic nitrogens is 1. The zero-order chi connectivity index (χ0) is 12.3. The molecule has 1 N–H and O–H groups in total. The molecule has 0 radical (unpaired) electrons. The van der Waals surface area contributed by atoms with Gasteiger partial charge in [0.1, 0.15) is 0 Å². The molecule has 1 fully saturated rings. The van der Waals surface area contributed by atoms with E-state index in [0.717, 1.165) is 5.69 Å². The largest absolute Gasteiger partial charge is 0.306 e. The number of nitrogens with zero attached hydrogens (tertiary/aromatic N) is 1. The molecule has 0 unspecified atom stereocenters. The fourth-order valence-corrected chi connectivity index (χ4v) is 2.64. The van der Waals surface area contributed by atoms with Gasteiger partial charge in [-0.15, -0.1) is 0 Å². The summed E-state index contributed by atoms with van der Waals surface area (Å²) < 4.78 is 0. The Balaban J connectivity index is 1.86. The van der Waals surface area contributed by atoms with Crippen LogP contribution < -0.4 is 5.32 Å². The summed E-state index contributed by atoms with van der Waals surface area (Å²) in [7, 11) is 0. The highest BCUT2D eigenvalue weighted by Gasteiger charge is 2.27. The van der Waals surface area contributed by atoms with Crippen LogP contribution in [0.25, 0.3) is 0 Å². The van der Waals surface area contributed by atoms with E-state index in [1.54, 1.807) is 0 Å². The zero-order valence-electron chi connectivity index (χ0n) is 11.2. The normalized spacial score (nSPS) is 22.3. The smallest absolute Gasteiger partial charge is 0.0570 e. The Hall–Kier alpha value is -0.890. The van der Waals surface area contributed by atoms with Crippen molar-refractivity contribution in [2.24, 2.45) is 5.41 Å². The molecular weight excluding hydrogens is 208 g/mol. The Labute approximate surface area is 105 Å². The van der Waals surface area contributed by atoms with E-state index in [0.29, 0.717) is 17.5 Å². The molecule has 2 heteroatoms. The average Bonchev–Trinajstić information content (AvgIpc) is 2.33. The van der Waals surface area contributed by atoms with Crippen molar-refractivity contribution >= 4 is 0 Å². The van der Waals surface area contributed by atoms with Gasteiger partial charge in [-0.3, -0.25) is 4.98 Å². The van der Waals surface area contributed by atoms with Gasteiger partial charge < -0.3 is 5.32 Å². The van der Waals surface area contributed by atoms with Crippen molar-refractivity contribution in [2.45, 2.75) is 58.5 Å². The fraction of sp³-hybridized carbons (Fsp3) is 0.667. The third-order valence-corrected chi connectivity index (χ3v) is 3.96. The second kappa shape index (κ2) is 5.18. The van der Waals surface area contributed by atoms with Crippen LogP contribution in [0.5, 0.6) is 0 Å². The molecule has 17 heavy (non-hydrogen) atoms. The summed E-state index contributed by atoms with van der Waals surface area (Å²) in [6.07, 6.45) is 7.13. The van der Waals surface area contributed by atoms with Crippen LogP contribution in [0.15, 0.2) is 24.4 Å². The van der Waals surface area contributed by atoms with Crippen molar-refractivity contribution in [3.05, 3.63) is 30.1 Å². The lowest BCUT2D eigenvalue weighted by Crippen LogP contribution is -2.37. The lowest BCUT2D eigenvalue weighted by molar-refractivity contribution is 0.199. The maximum atomic E-state index is 4.41. The van der Waals surface area contributed by atoms with Crippen molar-refractivity contribution in [1.82, 2.24) is 10.3 Å². The lowest BCUT2D eigenvalue weighted by atomic mass is 9.75. The van der Waals surface area contributed by atoms with Crippen LogP contribution >= 0.6 is 0 Å². The molecule has 0 amide bonds. The Kier molecular flexibility index (Phi) is 3.82. The van der Waals surface area contributed by atoms with Crippen molar-refractivity contribution in [1.29, 1.82) is 0 Å². The first-order valence-electron chi connectivity index (χ1n) is 6.74. The quantitative estimate of drug-likeness (QED) is 0.859. The molecule has 0 bridgehead atoms. The Morgan fingerprint density at radius 2 is 2.00 bits per heavy atom. The summed E-state index contributed by atoms with van der Waals surface area (Å²) >= 11 is 0. The van der Waals surface area contributed by atoms with Crippen molar-refractivity contribution in [3.63, 3.8) is 0 Å². The lowest BCUT2D eigenvalue weighted by Gasteiger charge is -2.35. The van der Waals surface area contributed by atoms with Crippen LogP contribution in [0.2, 0.25) is 0 Å². The molecule has 0 saturated heterocycles. The highest BCUT2D eigenvalue weighted by Crippen LogP contribution is 2.35. The third-order valence-electron chi connectivity index (χ3n) is 3.96. The minimum absolute atomic E-state index is 0.363. The van der Waals surface area contributed by atoms with E-state index >= 15 is 0 Å². The molecule has 1 aliphatic carbocycles. The van der Waals surface area contributed by atoms with Crippen LogP contribution in [-0.4, -0.2) is 11.0 Å². The molecule has 1 heterocycles. The van der Waals surface area contributed by atoms with Crippen molar-refractivity contribution in [2.75, 3.05) is 0 Å². The van der Waals surface area contributed by atoms with E-state index in [4.69, 9.17) is 0 Å². The van der Waals surface area contributed by atoms with E-state index in [1.807, 2.05) is 12.3 Å². The highest BCUT2D eigenvalue weighted by atomic mass is 15.0. The SMILES string of the molecule is C[C@H](NC1CCC(C)(C)CC1)c1ccccn1. The van der Waals surface area contributed by atoms with Gasteiger partial charge in [-0.05, 0) is 50.2 Å². The van der Waals surface area contributed by atoms with Gasteiger partial charge in [0.05, 0.1) is 5.69 Å².